The predicted molar refractivity (Wildman–Crippen MR) is 168 cm³/mol. The fraction of sp³-hybridized carbons (Fsp3) is 0.459. The van der Waals surface area contributed by atoms with E-state index < -0.39 is 0 Å². The Balaban J connectivity index is 1.51. The molecule has 0 spiro atoms. The number of hydrogen-bond donors (Lipinski definition) is 0. The van der Waals surface area contributed by atoms with Crippen LogP contribution < -0.4 is 15.0 Å². The molecule has 0 aliphatic rings. The van der Waals surface area contributed by atoms with Crippen LogP contribution >= 0.6 is 0 Å². The van der Waals surface area contributed by atoms with E-state index in [2.05, 4.69) is 54.1 Å². The van der Waals surface area contributed by atoms with E-state index in [0.29, 0.717) is 17.2 Å². The SMILES string of the molecule is CCCCCCCCCCCCCCCC[n+]1ccc(CC(C#N)=c2ccc(=C(C#N)C#N)cc2)c2ccccc21. The predicted octanol–water partition coefficient (Wildman–Crippen LogP) is 7.72. The average molecular weight is 546 g/mol. The number of nitrogens with zero attached hydrogens (tertiary/aromatic N) is 4. The molecule has 0 N–H and O–H groups in total. The van der Waals surface area contributed by atoms with E-state index in [1.54, 1.807) is 12.1 Å². The van der Waals surface area contributed by atoms with Crippen LogP contribution in [0.3, 0.4) is 0 Å². The van der Waals surface area contributed by atoms with Crippen molar-refractivity contribution in [2.75, 3.05) is 0 Å². The van der Waals surface area contributed by atoms with E-state index in [1.807, 2.05) is 24.3 Å². The van der Waals surface area contributed by atoms with Gasteiger partial charge in [-0.25, -0.2) is 0 Å². The van der Waals surface area contributed by atoms with E-state index >= 15 is 0 Å². The molecule has 0 radical (unpaired) electrons. The topological polar surface area (TPSA) is 75.2 Å². The molecule has 0 fully saturated rings. The Morgan fingerprint density at radius 2 is 1.15 bits per heavy atom. The first-order chi connectivity index (χ1) is 20.2. The van der Waals surface area contributed by atoms with E-state index in [1.165, 1.54) is 101 Å². The van der Waals surface area contributed by atoms with Gasteiger partial charge in [0.05, 0.1) is 6.07 Å². The summed E-state index contributed by atoms with van der Waals surface area (Å²) in [6.45, 7) is 3.29. The zero-order chi connectivity index (χ0) is 29.1. The molecule has 4 heteroatoms. The summed E-state index contributed by atoms with van der Waals surface area (Å²) in [7, 11) is 0. The number of benzene rings is 2. The third kappa shape index (κ3) is 10.2. The van der Waals surface area contributed by atoms with Gasteiger partial charge < -0.3 is 0 Å². The van der Waals surface area contributed by atoms with Crippen LogP contribution in [-0.2, 0) is 13.0 Å². The molecule has 0 saturated heterocycles. The molecule has 0 bridgehead atoms. The smallest absolute Gasteiger partial charge is 0.198 e. The Morgan fingerprint density at radius 3 is 1.71 bits per heavy atom. The lowest BCUT2D eigenvalue weighted by Crippen LogP contribution is -2.34. The molecule has 0 aliphatic carbocycles. The molecular weight excluding hydrogens is 500 g/mol. The minimum atomic E-state index is 0.0764. The van der Waals surface area contributed by atoms with Crippen molar-refractivity contribution in [1.29, 1.82) is 15.8 Å². The van der Waals surface area contributed by atoms with Gasteiger partial charge in [-0.1, -0.05) is 120 Å². The molecule has 0 amide bonds. The normalized spacial score (nSPS) is 10.6. The molecule has 0 aliphatic heterocycles. The second-order valence-electron chi connectivity index (χ2n) is 11.1. The molecule has 0 unspecified atom stereocenters. The monoisotopic (exact) mass is 545 g/mol. The fourth-order valence-electron chi connectivity index (χ4n) is 5.56. The average Bonchev–Trinajstić information content (AvgIpc) is 3.01. The number of hydrogen-bond acceptors (Lipinski definition) is 3. The van der Waals surface area contributed by atoms with Crippen LogP contribution in [0.4, 0.5) is 0 Å². The summed E-state index contributed by atoms with van der Waals surface area (Å²) in [5.41, 5.74) is 3.07. The van der Waals surface area contributed by atoms with Crippen LogP contribution in [0, 0.1) is 34.0 Å². The number of unbranched alkanes of at least 4 members (excludes halogenated alkanes) is 13. The van der Waals surface area contributed by atoms with Crippen molar-refractivity contribution < 1.29 is 4.57 Å². The highest BCUT2D eigenvalue weighted by Gasteiger charge is 2.13. The third-order valence-corrected chi connectivity index (χ3v) is 8.02. The largest absolute Gasteiger partial charge is 0.212 e. The van der Waals surface area contributed by atoms with Gasteiger partial charge in [-0.2, -0.15) is 20.4 Å². The van der Waals surface area contributed by atoms with Crippen molar-refractivity contribution in [3.63, 3.8) is 0 Å². The standard InChI is InChI=1S/C37H45N4/c1-2-3-4-5-6-7-8-9-10-11-12-13-14-17-25-41-26-24-33(36-18-15-16-19-37(36)41)27-34(28-38)31-20-22-32(23-21-31)35(29-39)30-40/h15-16,18-24,26H,2-14,17,25,27H2,1H3/q+1. The molecule has 2 aromatic carbocycles. The summed E-state index contributed by atoms with van der Waals surface area (Å²) in [6.07, 6.45) is 21.8. The van der Waals surface area contributed by atoms with Crippen molar-refractivity contribution in [3.05, 3.63) is 76.8 Å². The van der Waals surface area contributed by atoms with Crippen molar-refractivity contribution in [2.45, 2.75) is 110 Å². The van der Waals surface area contributed by atoms with Crippen molar-refractivity contribution in [1.82, 2.24) is 0 Å². The van der Waals surface area contributed by atoms with Gasteiger partial charge in [-0.3, -0.25) is 0 Å². The summed E-state index contributed by atoms with van der Waals surface area (Å²) in [5, 5.41) is 30.7. The fourth-order valence-corrected chi connectivity index (χ4v) is 5.56. The van der Waals surface area contributed by atoms with E-state index in [4.69, 9.17) is 10.5 Å². The number of nitriles is 3. The molecule has 41 heavy (non-hydrogen) atoms. The van der Waals surface area contributed by atoms with Crippen molar-refractivity contribution in [3.8, 4) is 18.2 Å². The van der Waals surface area contributed by atoms with E-state index in [0.717, 1.165) is 17.3 Å². The maximum Gasteiger partial charge on any atom is 0.212 e. The Kier molecular flexibility index (Phi) is 14.2. The van der Waals surface area contributed by atoms with Crippen LogP contribution in [0.25, 0.3) is 22.0 Å². The third-order valence-electron chi connectivity index (χ3n) is 8.02. The number of rotatable bonds is 17. The van der Waals surface area contributed by atoms with Gasteiger partial charge in [0, 0.05) is 41.2 Å². The zero-order valence-corrected chi connectivity index (χ0v) is 24.9. The van der Waals surface area contributed by atoms with Gasteiger partial charge in [0.1, 0.15) is 24.3 Å². The van der Waals surface area contributed by atoms with Gasteiger partial charge in [-0.05, 0) is 23.3 Å². The van der Waals surface area contributed by atoms with Gasteiger partial charge >= 0.3 is 0 Å². The minimum Gasteiger partial charge on any atom is -0.198 e. The maximum atomic E-state index is 9.93. The summed E-state index contributed by atoms with van der Waals surface area (Å²) >= 11 is 0. The lowest BCUT2D eigenvalue weighted by Gasteiger charge is -2.07. The van der Waals surface area contributed by atoms with Crippen LogP contribution in [-0.4, -0.2) is 0 Å². The van der Waals surface area contributed by atoms with Crippen LogP contribution in [0.15, 0.2) is 60.8 Å². The Labute approximate surface area is 246 Å². The number of aromatic nitrogens is 1. The Bertz CT molecular complexity index is 1460. The van der Waals surface area contributed by atoms with Gasteiger partial charge in [0.25, 0.3) is 0 Å². The highest BCUT2D eigenvalue weighted by atomic mass is 14.9. The number of fused-ring (bicyclic) bond motifs is 1. The van der Waals surface area contributed by atoms with Gasteiger partial charge in [0.2, 0.25) is 5.52 Å². The first-order valence-corrected chi connectivity index (χ1v) is 15.7. The molecule has 1 aromatic heterocycles. The quantitative estimate of drug-likeness (QED) is 0.129. The summed E-state index contributed by atoms with van der Waals surface area (Å²) in [4.78, 5) is 0. The molecule has 212 valence electrons. The highest BCUT2D eigenvalue weighted by Crippen LogP contribution is 2.19. The van der Waals surface area contributed by atoms with Crippen molar-refractivity contribution >= 4 is 22.0 Å². The lowest BCUT2D eigenvalue weighted by molar-refractivity contribution is -0.671. The second-order valence-corrected chi connectivity index (χ2v) is 11.1. The molecule has 3 rings (SSSR count). The maximum absolute atomic E-state index is 9.93. The van der Waals surface area contributed by atoms with Crippen LogP contribution in [0.1, 0.15) is 102 Å². The molecule has 0 saturated carbocycles. The number of para-hydroxylation sites is 1. The minimum absolute atomic E-state index is 0.0764. The first kappa shape index (κ1) is 31.6. The lowest BCUT2D eigenvalue weighted by atomic mass is 9.99. The Morgan fingerprint density at radius 1 is 0.610 bits per heavy atom. The van der Waals surface area contributed by atoms with Gasteiger partial charge in [-0.15, -0.1) is 0 Å². The summed E-state index contributed by atoms with van der Waals surface area (Å²) in [6, 6.07) is 23.9. The molecule has 1 heterocycles. The van der Waals surface area contributed by atoms with Crippen molar-refractivity contribution in [2.24, 2.45) is 0 Å². The summed E-state index contributed by atoms with van der Waals surface area (Å²) < 4.78 is 2.35. The molecule has 3 aromatic rings. The second kappa shape index (κ2) is 18.4. The molecule has 0 atom stereocenters. The zero-order valence-electron chi connectivity index (χ0n) is 24.9. The Hall–Kier alpha value is -3.94. The van der Waals surface area contributed by atoms with E-state index in [-0.39, 0.29) is 5.57 Å². The van der Waals surface area contributed by atoms with Gasteiger partial charge in [0.15, 0.2) is 6.20 Å². The molecule has 4 nitrogen and oxygen atoms in total. The van der Waals surface area contributed by atoms with Crippen LogP contribution in [0.2, 0.25) is 0 Å². The van der Waals surface area contributed by atoms with E-state index in [9.17, 15) is 5.26 Å². The number of pyridine rings is 1. The van der Waals surface area contributed by atoms with Crippen LogP contribution in [0.5, 0.6) is 0 Å². The first-order valence-electron chi connectivity index (χ1n) is 15.7. The molecular formula is C37H45N4+. The highest BCUT2D eigenvalue weighted by molar-refractivity contribution is 5.81. The number of aryl methyl sites for hydroxylation is 1. The summed E-state index contributed by atoms with van der Waals surface area (Å²) in [5.74, 6) is 0.